The van der Waals surface area contributed by atoms with Gasteiger partial charge in [-0.15, -0.1) is 0 Å². The summed E-state index contributed by atoms with van der Waals surface area (Å²) in [5.74, 6) is -0.756. The summed E-state index contributed by atoms with van der Waals surface area (Å²) in [5, 5.41) is 5.77. The molecule has 5 nitrogen and oxygen atoms in total. The lowest BCUT2D eigenvalue weighted by Gasteiger charge is -2.14. The van der Waals surface area contributed by atoms with Gasteiger partial charge in [-0.05, 0) is 18.6 Å². The minimum Gasteiger partial charge on any atom is -0.286 e. The highest BCUT2D eigenvalue weighted by Crippen LogP contribution is 2.11. The number of para-hydroxylation sites is 1. The Morgan fingerprint density at radius 2 is 2.06 bits per heavy atom. The van der Waals surface area contributed by atoms with Crippen LogP contribution in [0.5, 0.6) is 0 Å². The molecule has 6 heteroatoms. The van der Waals surface area contributed by atoms with Gasteiger partial charge < -0.3 is 0 Å². The van der Waals surface area contributed by atoms with E-state index in [1.165, 1.54) is 6.21 Å². The van der Waals surface area contributed by atoms with Crippen LogP contribution in [0.1, 0.15) is 6.42 Å². The largest absolute Gasteiger partial charge is 0.286 e. The van der Waals surface area contributed by atoms with Gasteiger partial charge in [-0.3, -0.25) is 9.56 Å². The molecule has 0 aliphatic rings. The SMILES string of the molecule is [CH2]CC(C=NN(C)c1ccccc1)CS(=O)(=O)O. The number of benzene rings is 1. The van der Waals surface area contributed by atoms with Crippen LogP contribution in [0, 0.1) is 12.8 Å². The highest BCUT2D eigenvalue weighted by atomic mass is 32.2. The summed E-state index contributed by atoms with van der Waals surface area (Å²) >= 11 is 0. The van der Waals surface area contributed by atoms with Gasteiger partial charge in [0.05, 0.1) is 11.4 Å². The van der Waals surface area contributed by atoms with Crippen molar-refractivity contribution < 1.29 is 13.0 Å². The molecule has 0 spiro atoms. The van der Waals surface area contributed by atoms with E-state index in [0.29, 0.717) is 6.42 Å². The van der Waals surface area contributed by atoms with Gasteiger partial charge in [0.25, 0.3) is 10.1 Å². The van der Waals surface area contributed by atoms with Crippen LogP contribution >= 0.6 is 0 Å². The smallest absolute Gasteiger partial charge is 0.265 e. The highest BCUT2D eigenvalue weighted by molar-refractivity contribution is 7.85. The summed E-state index contributed by atoms with van der Waals surface area (Å²) in [5.41, 5.74) is 0.892. The van der Waals surface area contributed by atoms with Crippen molar-refractivity contribution in [2.75, 3.05) is 17.8 Å². The van der Waals surface area contributed by atoms with Crippen LogP contribution in [-0.4, -0.2) is 32.0 Å². The third-order valence-electron chi connectivity index (χ3n) is 2.38. The molecule has 0 aliphatic carbocycles. The van der Waals surface area contributed by atoms with Gasteiger partial charge in [-0.1, -0.05) is 25.1 Å². The summed E-state index contributed by atoms with van der Waals surface area (Å²) in [4.78, 5) is 0. The summed E-state index contributed by atoms with van der Waals surface area (Å²) in [7, 11) is -2.23. The van der Waals surface area contributed by atoms with Crippen molar-refractivity contribution in [3.63, 3.8) is 0 Å². The van der Waals surface area contributed by atoms with E-state index in [0.717, 1.165) is 5.69 Å². The van der Waals surface area contributed by atoms with Crippen LogP contribution in [0.4, 0.5) is 5.69 Å². The van der Waals surface area contributed by atoms with Gasteiger partial charge >= 0.3 is 0 Å². The summed E-state index contributed by atoms with van der Waals surface area (Å²) in [6.45, 7) is 3.64. The lowest BCUT2D eigenvalue weighted by Crippen LogP contribution is -2.18. The number of hydrogen-bond donors (Lipinski definition) is 1. The van der Waals surface area contributed by atoms with Gasteiger partial charge in [0.1, 0.15) is 0 Å². The van der Waals surface area contributed by atoms with E-state index in [1.807, 2.05) is 30.3 Å². The second-order valence-electron chi connectivity index (χ2n) is 3.92. The normalized spacial score (nSPS) is 13.7. The fraction of sp³-hybridized carbons (Fsp3) is 0.333. The van der Waals surface area contributed by atoms with E-state index in [9.17, 15) is 8.42 Å². The van der Waals surface area contributed by atoms with Crippen molar-refractivity contribution in [3.8, 4) is 0 Å². The molecule has 99 valence electrons. The molecule has 0 saturated carbocycles. The number of hydrazone groups is 1. The fourth-order valence-corrected chi connectivity index (χ4v) is 2.17. The van der Waals surface area contributed by atoms with Gasteiger partial charge in [0.15, 0.2) is 0 Å². The van der Waals surface area contributed by atoms with Crippen molar-refractivity contribution in [2.24, 2.45) is 11.0 Å². The predicted octanol–water partition coefficient (Wildman–Crippen LogP) is 1.84. The highest BCUT2D eigenvalue weighted by Gasteiger charge is 2.13. The quantitative estimate of drug-likeness (QED) is 0.486. The van der Waals surface area contributed by atoms with Gasteiger partial charge in [-0.25, -0.2) is 0 Å². The molecule has 1 N–H and O–H groups in total. The van der Waals surface area contributed by atoms with Gasteiger partial charge in [0, 0.05) is 19.2 Å². The maximum Gasteiger partial charge on any atom is 0.265 e. The Bertz CT molecular complexity index is 485. The number of rotatable bonds is 6. The van der Waals surface area contributed by atoms with E-state index in [1.54, 1.807) is 12.1 Å². The lowest BCUT2D eigenvalue weighted by molar-refractivity contribution is 0.477. The molecule has 1 atom stereocenters. The molecule has 1 rings (SSSR count). The molecule has 0 fully saturated rings. The van der Waals surface area contributed by atoms with E-state index in [2.05, 4.69) is 12.0 Å². The Balaban J connectivity index is 2.67. The van der Waals surface area contributed by atoms with Gasteiger partial charge in [-0.2, -0.15) is 13.5 Å². The Morgan fingerprint density at radius 1 is 1.44 bits per heavy atom. The molecule has 0 amide bonds. The average Bonchev–Trinajstić information content (AvgIpc) is 2.33. The predicted molar refractivity (Wildman–Crippen MR) is 73.2 cm³/mol. The molecular weight excluding hydrogens is 252 g/mol. The fourth-order valence-electron chi connectivity index (χ4n) is 1.38. The van der Waals surface area contributed by atoms with Crippen molar-refractivity contribution in [1.29, 1.82) is 0 Å². The third-order valence-corrected chi connectivity index (χ3v) is 3.23. The van der Waals surface area contributed by atoms with E-state index < -0.39 is 16.0 Å². The minimum absolute atomic E-state index is 0.353. The number of hydrogen-bond acceptors (Lipinski definition) is 4. The van der Waals surface area contributed by atoms with Gasteiger partial charge in [0.2, 0.25) is 0 Å². The first-order valence-electron chi connectivity index (χ1n) is 5.49. The van der Waals surface area contributed by atoms with E-state index in [-0.39, 0.29) is 5.75 Å². The van der Waals surface area contributed by atoms with E-state index in [4.69, 9.17) is 4.55 Å². The first-order chi connectivity index (χ1) is 8.42. The van der Waals surface area contributed by atoms with Crippen LogP contribution in [0.3, 0.4) is 0 Å². The van der Waals surface area contributed by atoms with Crippen LogP contribution in [0.15, 0.2) is 35.4 Å². The Morgan fingerprint density at radius 3 is 2.56 bits per heavy atom. The van der Waals surface area contributed by atoms with Crippen LogP contribution in [0.25, 0.3) is 0 Å². The maximum atomic E-state index is 10.8. The molecule has 1 radical (unpaired) electrons. The standard InChI is InChI=1S/C12H17N2O3S/c1-3-11(10-18(15,16)17)9-13-14(2)12-7-5-4-6-8-12/h4-9,11H,1,3,10H2,2H3,(H,15,16,17). The van der Waals surface area contributed by atoms with Crippen LogP contribution in [0.2, 0.25) is 0 Å². The van der Waals surface area contributed by atoms with Crippen LogP contribution < -0.4 is 5.01 Å². The first kappa shape index (κ1) is 14.7. The van der Waals surface area contributed by atoms with E-state index >= 15 is 0 Å². The lowest BCUT2D eigenvalue weighted by atomic mass is 10.1. The Labute approximate surface area is 108 Å². The monoisotopic (exact) mass is 269 g/mol. The molecule has 0 heterocycles. The molecule has 0 saturated heterocycles. The van der Waals surface area contributed by atoms with Crippen molar-refractivity contribution in [1.82, 2.24) is 0 Å². The summed E-state index contributed by atoms with van der Waals surface area (Å²) in [6, 6.07) is 9.45. The maximum absolute atomic E-state index is 10.8. The van der Waals surface area contributed by atoms with Crippen molar-refractivity contribution in [3.05, 3.63) is 37.3 Å². The average molecular weight is 269 g/mol. The first-order valence-corrected chi connectivity index (χ1v) is 7.10. The zero-order valence-corrected chi connectivity index (χ0v) is 11.0. The number of nitrogens with zero attached hydrogens (tertiary/aromatic N) is 2. The van der Waals surface area contributed by atoms with Crippen LogP contribution in [-0.2, 0) is 10.1 Å². The zero-order chi connectivity index (χ0) is 13.6. The summed E-state index contributed by atoms with van der Waals surface area (Å²) < 4.78 is 30.3. The molecular formula is C12H17N2O3S. The molecule has 1 aromatic rings. The molecule has 1 aromatic carbocycles. The van der Waals surface area contributed by atoms with Crippen molar-refractivity contribution >= 4 is 22.0 Å². The number of anilines is 1. The van der Waals surface area contributed by atoms with Crippen molar-refractivity contribution in [2.45, 2.75) is 6.42 Å². The zero-order valence-electron chi connectivity index (χ0n) is 10.2. The Hall–Kier alpha value is -1.40. The second kappa shape index (κ2) is 6.51. The Kier molecular flexibility index (Phi) is 5.30. The molecule has 1 unspecified atom stereocenters. The molecule has 0 aromatic heterocycles. The molecule has 0 aliphatic heterocycles. The summed E-state index contributed by atoms with van der Waals surface area (Å²) in [6.07, 6.45) is 1.85. The second-order valence-corrected chi connectivity index (χ2v) is 5.42. The minimum atomic E-state index is -4.00. The molecule has 18 heavy (non-hydrogen) atoms. The third kappa shape index (κ3) is 5.29. The molecule has 0 bridgehead atoms. The topological polar surface area (TPSA) is 70.0 Å².